The van der Waals surface area contributed by atoms with Gasteiger partial charge in [0.25, 0.3) is 0 Å². The molecule has 0 radical (unpaired) electrons. The summed E-state index contributed by atoms with van der Waals surface area (Å²) >= 11 is 0. The minimum absolute atomic E-state index is 0.883. The average Bonchev–Trinajstić information content (AvgIpc) is 2.41. The van der Waals surface area contributed by atoms with E-state index in [9.17, 15) is 0 Å². The second-order valence-corrected chi connectivity index (χ2v) is 6.32. The van der Waals surface area contributed by atoms with Crippen molar-refractivity contribution in [3.8, 4) is 11.8 Å². The number of rotatable bonds is 3. The van der Waals surface area contributed by atoms with Crippen LogP contribution in [0.3, 0.4) is 0 Å². The van der Waals surface area contributed by atoms with Gasteiger partial charge in [-0.2, -0.15) is 0 Å². The van der Waals surface area contributed by atoms with E-state index < -0.39 is 0 Å². The molecule has 0 aromatic carbocycles. The molecule has 0 spiro atoms. The monoisotopic (exact) mass is 244 g/mol. The van der Waals surface area contributed by atoms with Gasteiger partial charge >= 0.3 is 0 Å². The van der Waals surface area contributed by atoms with Crippen LogP contribution in [0.4, 0.5) is 0 Å². The second kappa shape index (κ2) is 7.67. The minimum Gasteiger partial charge on any atom is -0.0980 e. The molecule has 0 amide bonds. The van der Waals surface area contributed by atoms with Crippen molar-refractivity contribution in [3.05, 3.63) is 12.2 Å². The van der Waals surface area contributed by atoms with Crippen LogP contribution >= 0.6 is 0 Å². The van der Waals surface area contributed by atoms with Gasteiger partial charge in [-0.05, 0) is 36.7 Å². The van der Waals surface area contributed by atoms with Crippen LogP contribution in [-0.4, -0.2) is 0 Å². The molecule has 2 aliphatic rings. The van der Waals surface area contributed by atoms with Crippen LogP contribution in [-0.2, 0) is 0 Å². The first-order valence-corrected chi connectivity index (χ1v) is 8.01. The summed E-state index contributed by atoms with van der Waals surface area (Å²) in [5, 5.41) is 0. The lowest BCUT2D eigenvalue weighted by Crippen LogP contribution is -2.06. The Balaban J connectivity index is 1.66. The molecule has 0 heterocycles. The molecular formula is C18H28. The maximum atomic E-state index is 4.16. The van der Waals surface area contributed by atoms with Crippen molar-refractivity contribution >= 4 is 0 Å². The summed E-state index contributed by atoms with van der Waals surface area (Å²) in [5.41, 5.74) is 1.19. The fourth-order valence-corrected chi connectivity index (χ4v) is 3.50. The van der Waals surface area contributed by atoms with Crippen molar-refractivity contribution in [2.24, 2.45) is 11.8 Å². The van der Waals surface area contributed by atoms with Crippen molar-refractivity contribution < 1.29 is 0 Å². The van der Waals surface area contributed by atoms with Crippen LogP contribution in [0.2, 0.25) is 0 Å². The van der Waals surface area contributed by atoms with Crippen molar-refractivity contribution in [2.45, 2.75) is 77.0 Å². The quantitative estimate of drug-likeness (QED) is 0.576. The Kier molecular flexibility index (Phi) is 5.85. The zero-order chi connectivity index (χ0) is 12.6. The Hall–Kier alpha value is -0.700. The SMILES string of the molecule is C=C(C#CCC1CCCCC1)CC1CCCCC1. The van der Waals surface area contributed by atoms with Gasteiger partial charge in [-0.3, -0.25) is 0 Å². The van der Waals surface area contributed by atoms with Gasteiger partial charge in [0.15, 0.2) is 0 Å². The standard InChI is InChI=1S/C18H28/c1-16(15-18-12-6-3-7-13-18)9-8-14-17-10-4-2-5-11-17/h17-18H,1-7,10-15H2. The molecule has 2 saturated carbocycles. The van der Waals surface area contributed by atoms with E-state index in [0.717, 1.165) is 24.7 Å². The maximum Gasteiger partial charge on any atom is 0.0121 e. The fourth-order valence-electron chi connectivity index (χ4n) is 3.50. The predicted octanol–water partition coefficient (Wildman–Crippen LogP) is 5.49. The summed E-state index contributed by atoms with van der Waals surface area (Å²) < 4.78 is 0. The number of allylic oxidation sites excluding steroid dienone is 1. The first-order valence-electron chi connectivity index (χ1n) is 8.01. The lowest BCUT2D eigenvalue weighted by molar-refractivity contribution is 0.358. The third kappa shape index (κ3) is 4.89. The molecule has 0 aromatic rings. The molecule has 100 valence electrons. The largest absolute Gasteiger partial charge is 0.0980 e. The lowest BCUT2D eigenvalue weighted by atomic mass is 9.85. The lowest BCUT2D eigenvalue weighted by Gasteiger charge is -2.21. The van der Waals surface area contributed by atoms with Gasteiger partial charge in [-0.25, -0.2) is 0 Å². The zero-order valence-electron chi connectivity index (χ0n) is 11.8. The van der Waals surface area contributed by atoms with Crippen molar-refractivity contribution in [1.82, 2.24) is 0 Å². The van der Waals surface area contributed by atoms with E-state index in [-0.39, 0.29) is 0 Å². The molecule has 2 aliphatic carbocycles. The summed E-state index contributed by atoms with van der Waals surface area (Å²) in [5.74, 6) is 8.50. The minimum atomic E-state index is 0.883. The smallest absolute Gasteiger partial charge is 0.0121 e. The van der Waals surface area contributed by atoms with Gasteiger partial charge in [0, 0.05) is 6.42 Å². The van der Waals surface area contributed by atoms with Crippen LogP contribution < -0.4 is 0 Å². The highest BCUT2D eigenvalue weighted by molar-refractivity contribution is 5.26. The highest BCUT2D eigenvalue weighted by Crippen LogP contribution is 2.28. The summed E-state index contributed by atoms with van der Waals surface area (Å²) in [4.78, 5) is 0. The van der Waals surface area contributed by atoms with Crippen molar-refractivity contribution in [3.63, 3.8) is 0 Å². The van der Waals surface area contributed by atoms with Crippen LogP contribution in [0.1, 0.15) is 77.0 Å². The molecule has 2 rings (SSSR count). The van der Waals surface area contributed by atoms with Crippen LogP contribution in [0.15, 0.2) is 12.2 Å². The molecule has 18 heavy (non-hydrogen) atoms. The van der Waals surface area contributed by atoms with E-state index in [0.29, 0.717) is 0 Å². The first-order chi connectivity index (χ1) is 8.84. The molecule has 0 saturated heterocycles. The highest BCUT2D eigenvalue weighted by atomic mass is 14.2. The molecule has 2 fully saturated rings. The molecule has 0 atom stereocenters. The second-order valence-electron chi connectivity index (χ2n) is 6.32. The molecule has 0 bridgehead atoms. The Morgan fingerprint density at radius 2 is 1.39 bits per heavy atom. The Bertz CT molecular complexity index is 303. The predicted molar refractivity (Wildman–Crippen MR) is 79.3 cm³/mol. The highest BCUT2D eigenvalue weighted by Gasteiger charge is 2.14. The van der Waals surface area contributed by atoms with Gasteiger partial charge in [0.2, 0.25) is 0 Å². The number of hydrogen-bond donors (Lipinski definition) is 0. The van der Waals surface area contributed by atoms with Crippen LogP contribution in [0.25, 0.3) is 0 Å². The van der Waals surface area contributed by atoms with Gasteiger partial charge < -0.3 is 0 Å². The van der Waals surface area contributed by atoms with Gasteiger partial charge in [-0.1, -0.05) is 69.8 Å². The van der Waals surface area contributed by atoms with E-state index >= 15 is 0 Å². The topological polar surface area (TPSA) is 0 Å². The van der Waals surface area contributed by atoms with E-state index in [4.69, 9.17) is 0 Å². The van der Waals surface area contributed by atoms with Crippen molar-refractivity contribution in [2.75, 3.05) is 0 Å². The third-order valence-corrected chi connectivity index (χ3v) is 4.64. The molecule has 0 heteroatoms. The first kappa shape index (κ1) is 13.7. The van der Waals surface area contributed by atoms with Gasteiger partial charge in [0.1, 0.15) is 0 Å². The van der Waals surface area contributed by atoms with Gasteiger partial charge in [0.05, 0.1) is 0 Å². The Morgan fingerprint density at radius 3 is 2.00 bits per heavy atom. The fraction of sp³-hybridized carbons (Fsp3) is 0.778. The molecule has 0 nitrogen and oxygen atoms in total. The molecular weight excluding hydrogens is 216 g/mol. The third-order valence-electron chi connectivity index (χ3n) is 4.64. The van der Waals surface area contributed by atoms with Gasteiger partial charge in [-0.15, -0.1) is 0 Å². The number of hydrogen-bond acceptors (Lipinski definition) is 0. The summed E-state index contributed by atoms with van der Waals surface area (Å²) in [6.45, 7) is 4.16. The molecule has 0 aromatic heterocycles. The summed E-state index contributed by atoms with van der Waals surface area (Å²) in [6.07, 6.45) is 16.5. The summed E-state index contributed by atoms with van der Waals surface area (Å²) in [6, 6.07) is 0. The zero-order valence-corrected chi connectivity index (χ0v) is 11.8. The molecule has 0 aliphatic heterocycles. The normalized spacial score (nSPS) is 22.2. The van der Waals surface area contributed by atoms with Crippen LogP contribution in [0.5, 0.6) is 0 Å². The molecule has 0 N–H and O–H groups in total. The van der Waals surface area contributed by atoms with Crippen molar-refractivity contribution in [1.29, 1.82) is 0 Å². The Morgan fingerprint density at radius 1 is 0.833 bits per heavy atom. The summed E-state index contributed by atoms with van der Waals surface area (Å²) in [7, 11) is 0. The van der Waals surface area contributed by atoms with E-state index in [1.54, 1.807) is 0 Å². The van der Waals surface area contributed by atoms with Crippen LogP contribution in [0, 0.1) is 23.7 Å². The molecule has 0 unspecified atom stereocenters. The maximum absolute atomic E-state index is 4.16. The average molecular weight is 244 g/mol. The Labute approximate surface area is 113 Å². The van der Waals surface area contributed by atoms with E-state index in [1.165, 1.54) is 69.8 Å². The van der Waals surface area contributed by atoms with E-state index in [1.807, 2.05) is 0 Å². The van der Waals surface area contributed by atoms with E-state index in [2.05, 4.69) is 18.4 Å².